The van der Waals surface area contributed by atoms with E-state index >= 15 is 0 Å². The van der Waals surface area contributed by atoms with Gasteiger partial charge in [-0.2, -0.15) is 0 Å². The Bertz CT molecular complexity index is 6980. The smallest absolute Gasteiger partial charge is 0.235 e. The van der Waals surface area contributed by atoms with E-state index in [-0.39, 0.29) is 0 Å². The summed E-state index contributed by atoms with van der Waals surface area (Å²) in [6, 6.07) is 154. The van der Waals surface area contributed by atoms with Crippen LogP contribution in [0, 0.1) is 0 Å². The fraction of sp³-hybridized carbons (Fsp3) is 0. The molecule has 0 aliphatic carbocycles. The quantitative estimate of drug-likeness (QED) is 0.0844. The van der Waals surface area contributed by atoms with Crippen LogP contribution in [0.4, 0.5) is 0 Å². The number of hydrogen-bond acceptors (Lipinski definition) is 6. The topological polar surface area (TPSA) is 92.1 Å². The molecule has 22 rings (SSSR count). The second-order valence-electron chi connectivity index (χ2n) is 28.9. The summed E-state index contributed by atoms with van der Waals surface area (Å²) in [5.74, 6) is 2.07. The first-order chi connectivity index (χ1) is 57.6. The molecule has 6 heterocycles. The number of rotatable bonds is 13. The molecule has 0 saturated carbocycles. The Labute approximate surface area is 672 Å². The number of benzene rings is 16. The van der Waals surface area contributed by atoms with Crippen molar-refractivity contribution in [1.29, 1.82) is 0 Å². The lowest BCUT2D eigenvalue weighted by molar-refractivity contribution is 0.992. The fourth-order valence-electron chi connectivity index (χ4n) is 16.8. The molecule has 0 bridgehead atoms. The van der Waals surface area contributed by atoms with Gasteiger partial charge in [0.15, 0.2) is 13.9 Å². The third-order valence-electron chi connectivity index (χ3n) is 22.1. The Morgan fingerprint density at radius 2 is 0.534 bits per heavy atom. The summed E-state index contributed by atoms with van der Waals surface area (Å²) in [6.07, 6.45) is 1.88. The van der Waals surface area contributed by atoms with Crippen LogP contribution in [0.15, 0.2) is 443 Å². The van der Waals surface area contributed by atoms with Gasteiger partial charge < -0.3 is 4.57 Å². The maximum absolute atomic E-state index is 5.19. The van der Waals surface area contributed by atoms with Gasteiger partial charge in [-0.1, -0.05) is 358 Å². The van der Waals surface area contributed by atoms with E-state index in [1.54, 1.807) is 0 Å². The van der Waals surface area contributed by atoms with E-state index in [0.717, 1.165) is 95.1 Å². The number of aromatic nitrogens is 9. The Morgan fingerprint density at radius 3 is 0.991 bits per heavy atom. The molecule has 0 amide bonds. The van der Waals surface area contributed by atoms with Crippen LogP contribution in [0.3, 0.4) is 0 Å². The first kappa shape index (κ1) is 69.8. The van der Waals surface area contributed by atoms with Crippen molar-refractivity contribution >= 4 is 105 Å². The van der Waals surface area contributed by atoms with Gasteiger partial charge in [-0.25, -0.2) is 29.9 Å². The molecule has 0 fully saturated rings. The molecular weight excluding hydrogens is 1430 g/mol. The maximum atomic E-state index is 5.19. The van der Waals surface area contributed by atoms with E-state index in [1.165, 1.54) is 75.2 Å². The van der Waals surface area contributed by atoms with E-state index in [1.807, 2.05) is 66.9 Å². The highest BCUT2D eigenvalue weighted by Gasteiger charge is 2.41. The predicted molar refractivity (Wildman–Crippen MR) is 483 cm³/mol. The summed E-state index contributed by atoms with van der Waals surface area (Å²) >= 11 is 0. The van der Waals surface area contributed by atoms with Gasteiger partial charge in [0.2, 0.25) is 11.9 Å². The van der Waals surface area contributed by atoms with E-state index in [2.05, 4.69) is 390 Å². The summed E-state index contributed by atoms with van der Waals surface area (Å²) in [4.78, 5) is 30.1. The van der Waals surface area contributed by atoms with Crippen molar-refractivity contribution in [2.24, 2.45) is 0 Å². The van der Waals surface area contributed by atoms with Crippen LogP contribution in [0.2, 0.25) is 0 Å². The molecule has 10 heteroatoms. The van der Waals surface area contributed by atoms with Crippen LogP contribution >= 0.6 is 0 Å². The van der Waals surface area contributed by atoms with Gasteiger partial charge in [0, 0.05) is 77.4 Å². The molecule has 0 saturated heterocycles. The third-order valence-corrected chi connectivity index (χ3v) is 26.9. The zero-order chi connectivity index (χ0) is 77.1. The molecule has 16 aromatic carbocycles. The largest absolute Gasteiger partial charge is 0.309 e. The number of hydrogen-bond donors (Lipinski definition) is 0. The Kier molecular flexibility index (Phi) is 18.5. The first-order valence-corrected chi connectivity index (χ1v) is 41.1. The molecule has 0 atom stereocenters. The minimum absolute atomic E-state index is 0.669. The normalized spacial score (nSPS) is 11.4. The zero-order valence-electron chi connectivity index (χ0n) is 63.2. The van der Waals surface area contributed by atoms with Crippen LogP contribution in [0.1, 0.15) is 0 Å². The van der Waals surface area contributed by atoms with Gasteiger partial charge in [0.1, 0.15) is 0 Å². The van der Waals surface area contributed by atoms with Crippen molar-refractivity contribution in [3.05, 3.63) is 443 Å². The lowest BCUT2D eigenvalue weighted by Crippen LogP contribution is -2.74. The highest BCUT2D eigenvalue weighted by Crippen LogP contribution is 2.38. The number of fused-ring (bicyclic) bond motifs is 10. The van der Waals surface area contributed by atoms with Crippen molar-refractivity contribution in [3.63, 3.8) is 0 Å². The van der Waals surface area contributed by atoms with Crippen LogP contribution in [0.25, 0.3) is 161 Å². The lowest BCUT2D eigenvalue weighted by atomic mass is 10.0. The molecule has 0 N–H and O–H groups in total. The third kappa shape index (κ3) is 12.9. The molecule has 0 spiro atoms. The van der Waals surface area contributed by atoms with Crippen molar-refractivity contribution in [3.8, 4) is 85.1 Å². The van der Waals surface area contributed by atoms with Gasteiger partial charge in [0.25, 0.3) is 0 Å². The van der Waals surface area contributed by atoms with E-state index in [0.29, 0.717) is 11.9 Å². The van der Waals surface area contributed by atoms with Gasteiger partial charge in [-0.05, 0) is 111 Å². The lowest BCUT2D eigenvalue weighted by Gasteiger charge is -2.34. The minimum Gasteiger partial charge on any atom is -0.309 e. The average molecular weight is 1500 g/mol. The average Bonchev–Trinajstić information content (AvgIpc) is 0.872. The monoisotopic (exact) mass is 1500 g/mol. The predicted octanol–water partition coefficient (Wildman–Crippen LogP) is 23.3. The highest BCUT2D eigenvalue weighted by molar-refractivity contribution is 7.20. The first-order valence-electron chi connectivity index (χ1n) is 39.1. The Hall–Kier alpha value is -15.4. The second-order valence-corrected chi connectivity index (χ2v) is 32.7. The fourth-order valence-corrected chi connectivity index (χ4v) is 21.6. The van der Waals surface area contributed by atoms with Crippen LogP contribution in [0.5, 0.6) is 0 Å². The number of para-hydroxylation sites is 7. The van der Waals surface area contributed by atoms with Gasteiger partial charge in [0.05, 0.1) is 61.4 Å². The molecular formula is C106H73N9Si. The molecule has 9 nitrogen and oxygen atoms in total. The van der Waals surface area contributed by atoms with E-state index in [4.69, 9.17) is 29.9 Å². The van der Waals surface area contributed by atoms with Crippen molar-refractivity contribution in [2.45, 2.75) is 0 Å². The molecule has 116 heavy (non-hydrogen) atoms. The van der Waals surface area contributed by atoms with Gasteiger partial charge in [-0.3, -0.25) is 9.13 Å². The molecule has 546 valence electrons. The molecule has 6 aromatic heterocycles. The van der Waals surface area contributed by atoms with Crippen molar-refractivity contribution < 1.29 is 0 Å². The maximum Gasteiger partial charge on any atom is 0.235 e. The number of nitrogens with zero attached hydrogens (tertiary/aromatic N) is 9. The van der Waals surface area contributed by atoms with E-state index in [9.17, 15) is 0 Å². The summed E-state index contributed by atoms with van der Waals surface area (Å²) in [7, 11) is -2.65. The molecule has 0 aliphatic rings. The van der Waals surface area contributed by atoms with E-state index < -0.39 is 8.07 Å². The Balaban J connectivity index is 0.000000114. The van der Waals surface area contributed by atoms with Crippen molar-refractivity contribution in [1.82, 2.24) is 43.6 Å². The summed E-state index contributed by atoms with van der Waals surface area (Å²) in [6.45, 7) is 0. The second kappa shape index (κ2) is 30.7. The summed E-state index contributed by atoms with van der Waals surface area (Å²) < 4.78 is 6.67. The van der Waals surface area contributed by atoms with Crippen LogP contribution < -0.4 is 20.7 Å². The minimum atomic E-state index is -2.65. The van der Waals surface area contributed by atoms with Crippen LogP contribution in [-0.2, 0) is 0 Å². The molecule has 22 aromatic rings. The Morgan fingerprint density at radius 1 is 0.198 bits per heavy atom. The molecule has 0 radical (unpaired) electrons. The van der Waals surface area contributed by atoms with Gasteiger partial charge in [-0.15, -0.1) is 0 Å². The highest BCUT2D eigenvalue weighted by atomic mass is 28.3. The standard InChI is InChI=1S/C40H29N3Si.C38H25N3.C28H19N3/c1-4-16-31(17-5-1)44(32-18-6-2-7-19-32,33-20-8-3-9-21-33)34-22-14-15-30(29-34)37-27-28-41-40(42-37)43-38-25-12-10-23-35(38)36-24-11-13-26-39(36)43;1-2-10-26(11-3-1)27-18-20-28(21-19-27)37-33-14-4-7-15-34(33)39-38(40-37)29-22-24-30(25-23-29)41-35-16-8-5-12-31(35)32-13-6-9-17-36(32)41;1-3-11-20(12-4-1)24-19-25(21-13-5-2-6-14-21)30-28(29-24)31-26-17-9-7-15-22(26)23-16-8-10-18-27(23)31/h1-29H;1-25H;1-19H. The zero-order valence-corrected chi connectivity index (χ0v) is 64.2. The summed E-state index contributed by atoms with van der Waals surface area (Å²) in [5.41, 5.74) is 20.2. The van der Waals surface area contributed by atoms with Crippen LogP contribution in [-0.4, -0.2) is 51.7 Å². The van der Waals surface area contributed by atoms with Gasteiger partial charge >= 0.3 is 0 Å². The summed E-state index contributed by atoms with van der Waals surface area (Å²) in [5, 5.41) is 13.7. The van der Waals surface area contributed by atoms with Crippen molar-refractivity contribution in [2.75, 3.05) is 0 Å². The molecule has 0 unspecified atom stereocenters. The molecule has 0 aliphatic heterocycles. The SMILES string of the molecule is c1ccc(-c2cc(-c3ccccc3)nc(-n3c4ccccc4c4ccccc43)n2)cc1.c1ccc(-c2ccc(-c3nc(-c4ccc(-n5c6ccccc6c6ccccc65)cc4)nc4ccccc34)cc2)cc1.c1ccc([Si](c2ccccc2)(c2ccccc2)c2cccc(-c3ccnc(-n4c5ccccc5c5ccccc54)n3)c2)cc1.